The molecule has 0 aromatic heterocycles. The van der Waals surface area contributed by atoms with E-state index in [9.17, 15) is 14.4 Å². The van der Waals surface area contributed by atoms with Gasteiger partial charge in [0.1, 0.15) is 5.78 Å². The zero-order chi connectivity index (χ0) is 15.9. The number of hydrogen-bond acceptors (Lipinski definition) is 3. The monoisotopic (exact) mass is 308 g/mol. The molecule has 0 aromatic rings. The van der Waals surface area contributed by atoms with Crippen molar-refractivity contribution in [2.24, 2.45) is 0 Å². The van der Waals surface area contributed by atoms with Crippen LogP contribution in [0.1, 0.15) is 71.1 Å². The minimum Gasteiger partial charge on any atom is -0.350 e. The first-order valence-corrected chi connectivity index (χ1v) is 8.66. The molecule has 2 fully saturated rings. The van der Waals surface area contributed by atoms with Crippen LogP contribution in [0, 0.1) is 0 Å². The molecule has 22 heavy (non-hydrogen) atoms. The van der Waals surface area contributed by atoms with E-state index in [1.165, 1.54) is 0 Å². The first kappa shape index (κ1) is 17.0. The van der Waals surface area contributed by atoms with Crippen molar-refractivity contribution in [3.05, 3.63) is 0 Å². The van der Waals surface area contributed by atoms with Crippen LogP contribution < -0.4 is 5.32 Å². The molecule has 0 spiro atoms. The lowest BCUT2D eigenvalue weighted by Crippen LogP contribution is -2.62. The molecule has 1 N–H and O–H groups in total. The van der Waals surface area contributed by atoms with Gasteiger partial charge in [-0.2, -0.15) is 0 Å². The normalized spacial score (nSPS) is 24.6. The highest BCUT2D eigenvalue weighted by Crippen LogP contribution is 2.26. The summed E-state index contributed by atoms with van der Waals surface area (Å²) in [6, 6.07) is 0.367. The highest BCUT2D eigenvalue weighted by atomic mass is 16.2. The summed E-state index contributed by atoms with van der Waals surface area (Å²) < 4.78 is 0. The Balaban J connectivity index is 1.73. The average molecular weight is 308 g/mol. The zero-order valence-corrected chi connectivity index (χ0v) is 13.6. The van der Waals surface area contributed by atoms with Crippen molar-refractivity contribution in [3.8, 4) is 0 Å². The zero-order valence-electron chi connectivity index (χ0n) is 13.6. The number of fused-ring (bicyclic) bond motifs is 1. The van der Waals surface area contributed by atoms with Gasteiger partial charge in [0, 0.05) is 18.9 Å². The topological polar surface area (TPSA) is 66.5 Å². The van der Waals surface area contributed by atoms with Crippen molar-refractivity contribution >= 4 is 17.6 Å². The highest BCUT2D eigenvalue weighted by Gasteiger charge is 2.38. The van der Waals surface area contributed by atoms with Gasteiger partial charge in [0.2, 0.25) is 11.8 Å². The van der Waals surface area contributed by atoms with Crippen molar-refractivity contribution in [2.45, 2.75) is 83.2 Å². The van der Waals surface area contributed by atoms with Crippen molar-refractivity contribution in [3.63, 3.8) is 0 Å². The molecule has 5 heteroatoms. The standard InChI is InChI=1S/C17H28N2O3/c1-13(20)8-4-2-3-5-11-17(22)19-12-16(21)18-14-9-6-7-10-15(14)19/h14-15H,2-12H2,1H3,(H,18,21). The molecule has 2 rings (SSSR count). The third kappa shape index (κ3) is 4.82. The number of amides is 2. The lowest BCUT2D eigenvalue weighted by Gasteiger charge is -2.44. The van der Waals surface area contributed by atoms with E-state index >= 15 is 0 Å². The van der Waals surface area contributed by atoms with E-state index in [4.69, 9.17) is 0 Å². The minimum atomic E-state index is -0.0158. The quantitative estimate of drug-likeness (QED) is 0.733. The van der Waals surface area contributed by atoms with E-state index in [1.807, 2.05) is 4.90 Å². The summed E-state index contributed by atoms with van der Waals surface area (Å²) in [7, 11) is 0. The fraction of sp³-hybridized carbons (Fsp3) is 0.824. The summed E-state index contributed by atoms with van der Waals surface area (Å²) in [5.41, 5.74) is 0. The molecule has 1 saturated heterocycles. The van der Waals surface area contributed by atoms with Crippen LogP contribution in [-0.4, -0.2) is 41.1 Å². The van der Waals surface area contributed by atoms with Gasteiger partial charge in [0.05, 0.1) is 12.6 Å². The van der Waals surface area contributed by atoms with Crippen LogP contribution in [0.3, 0.4) is 0 Å². The van der Waals surface area contributed by atoms with Gasteiger partial charge in [-0.3, -0.25) is 9.59 Å². The molecule has 2 atom stereocenters. The average Bonchev–Trinajstić information content (AvgIpc) is 2.49. The Labute approximate surface area is 132 Å². The van der Waals surface area contributed by atoms with Gasteiger partial charge >= 0.3 is 0 Å². The number of piperazine rings is 1. The molecule has 0 bridgehead atoms. The summed E-state index contributed by atoms with van der Waals surface area (Å²) in [6.07, 6.45) is 9.20. The van der Waals surface area contributed by atoms with E-state index in [1.54, 1.807) is 6.92 Å². The van der Waals surface area contributed by atoms with Crippen LogP contribution >= 0.6 is 0 Å². The molecule has 2 amide bonds. The lowest BCUT2D eigenvalue weighted by atomic mass is 9.87. The van der Waals surface area contributed by atoms with E-state index < -0.39 is 0 Å². The largest absolute Gasteiger partial charge is 0.350 e. The first-order chi connectivity index (χ1) is 10.6. The molecule has 1 saturated carbocycles. The van der Waals surface area contributed by atoms with Crippen LogP contribution in [-0.2, 0) is 14.4 Å². The van der Waals surface area contributed by atoms with Crippen molar-refractivity contribution in [1.29, 1.82) is 0 Å². The van der Waals surface area contributed by atoms with Gasteiger partial charge in [-0.25, -0.2) is 0 Å². The third-order valence-corrected chi connectivity index (χ3v) is 4.78. The summed E-state index contributed by atoms with van der Waals surface area (Å²) in [6.45, 7) is 1.84. The van der Waals surface area contributed by atoms with Gasteiger partial charge in [-0.1, -0.05) is 25.7 Å². The van der Waals surface area contributed by atoms with Crippen LogP contribution in [0.15, 0.2) is 0 Å². The molecule has 5 nitrogen and oxygen atoms in total. The maximum Gasteiger partial charge on any atom is 0.239 e. The lowest BCUT2D eigenvalue weighted by molar-refractivity contribution is -0.144. The molecule has 2 aliphatic rings. The van der Waals surface area contributed by atoms with Gasteiger partial charge in [-0.05, 0) is 32.6 Å². The summed E-state index contributed by atoms with van der Waals surface area (Å²) >= 11 is 0. The Morgan fingerprint density at radius 2 is 1.77 bits per heavy atom. The fourth-order valence-corrected chi connectivity index (χ4v) is 3.60. The van der Waals surface area contributed by atoms with E-state index in [0.717, 1.165) is 51.4 Å². The van der Waals surface area contributed by atoms with Gasteiger partial charge in [-0.15, -0.1) is 0 Å². The van der Waals surface area contributed by atoms with Crippen molar-refractivity contribution < 1.29 is 14.4 Å². The Morgan fingerprint density at radius 3 is 2.50 bits per heavy atom. The number of carbonyl (C=O) groups excluding carboxylic acids is 3. The number of Topliss-reactive ketones (excluding diaryl/α,β-unsaturated/α-hetero) is 1. The summed E-state index contributed by atoms with van der Waals surface area (Å²) in [5, 5.41) is 3.03. The number of nitrogens with one attached hydrogen (secondary N) is 1. The fourth-order valence-electron chi connectivity index (χ4n) is 3.60. The SMILES string of the molecule is CC(=O)CCCCCCC(=O)N1CC(=O)NC2CCCCC21. The number of rotatable bonds is 7. The molecular formula is C17H28N2O3. The van der Waals surface area contributed by atoms with Crippen LogP contribution in [0.5, 0.6) is 0 Å². The van der Waals surface area contributed by atoms with Crippen molar-refractivity contribution in [2.75, 3.05) is 6.54 Å². The third-order valence-electron chi connectivity index (χ3n) is 4.78. The summed E-state index contributed by atoms with van der Waals surface area (Å²) in [4.78, 5) is 36.9. The Morgan fingerprint density at radius 1 is 1.09 bits per heavy atom. The minimum absolute atomic E-state index is 0.0158. The Kier molecular flexibility index (Phi) is 6.40. The molecule has 1 aliphatic carbocycles. The predicted molar refractivity (Wildman–Crippen MR) is 84.3 cm³/mol. The number of hydrogen-bond donors (Lipinski definition) is 1. The van der Waals surface area contributed by atoms with Crippen LogP contribution in [0.25, 0.3) is 0 Å². The number of nitrogens with zero attached hydrogens (tertiary/aromatic N) is 1. The molecule has 0 radical (unpaired) electrons. The number of unbranched alkanes of at least 4 members (excludes halogenated alkanes) is 3. The smallest absolute Gasteiger partial charge is 0.239 e. The van der Waals surface area contributed by atoms with Crippen LogP contribution in [0.4, 0.5) is 0 Å². The number of carbonyl (C=O) groups is 3. The van der Waals surface area contributed by atoms with Gasteiger partial charge < -0.3 is 15.0 Å². The number of ketones is 1. The van der Waals surface area contributed by atoms with Crippen LogP contribution in [0.2, 0.25) is 0 Å². The van der Waals surface area contributed by atoms with Gasteiger partial charge in [0.25, 0.3) is 0 Å². The molecule has 1 aliphatic heterocycles. The van der Waals surface area contributed by atoms with Crippen molar-refractivity contribution in [1.82, 2.24) is 10.2 Å². The second kappa shape index (κ2) is 8.30. The molecular weight excluding hydrogens is 280 g/mol. The Bertz CT molecular complexity index is 422. The first-order valence-electron chi connectivity index (χ1n) is 8.66. The second-order valence-electron chi connectivity index (χ2n) is 6.66. The molecule has 124 valence electrons. The molecule has 2 unspecified atom stereocenters. The van der Waals surface area contributed by atoms with Gasteiger partial charge in [0.15, 0.2) is 0 Å². The van der Waals surface area contributed by atoms with E-state index in [0.29, 0.717) is 12.8 Å². The highest BCUT2D eigenvalue weighted by molar-refractivity contribution is 5.86. The van der Waals surface area contributed by atoms with E-state index in [-0.39, 0.29) is 36.2 Å². The Hall–Kier alpha value is -1.39. The molecule has 0 aromatic carbocycles. The predicted octanol–water partition coefficient (Wildman–Crippen LogP) is 2.19. The van der Waals surface area contributed by atoms with E-state index in [2.05, 4.69) is 5.32 Å². The maximum atomic E-state index is 12.4. The second-order valence-corrected chi connectivity index (χ2v) is 6.66. The maximum absolute atomic E-state index is 12.4. The molecule has 1 heterocycles. The summed E-state index contributed by atoms with van der Waals surface area (Å²) in [5.74, 6) is 0.343.